The van der Waals surface area contributed by atoms with Gasteiger partial charge in [-0.05, 0) is 76.7 Å². The molecule has 7 nitrogen and oxygen atoms in total. The van der Waals surface area contributed by atoms with Gasteiger partial charge in [0.05, 0.1) is 50.5 Å². The van der Waals surface area contributed by atoms with E-state index in [4.69, 9.17) is 16.3 Å². The third-order valence-electron chi connectivity index (χ3n) is 7.39. The molecule has 252 valence electrons. The van der Waals surface area contributed by atoms with E-state index in [0.717, 1.165) is 16.2 Å². The van der Waals surface area contributed by atoms with Gasteiger partial charge in [0, 0.05) is 18.4 Å². The van der Waals surface area contributed by atoms with E-state index >= 15 is 0 Å². The fraction of sp³-hybridized carbons (Fsp3) is 0.455. The number of halogens is 5. The molecule has 3 aromatic rings. The monoisotopic (exact) mass is 710 g/mol. The van der Waals surface area contributed by atoms with E-state index in [2.05, 4.69) is 17.2 Å². The molecule has 0 radical (unpaired) electrons. The SMILES string of the molecule is CN1CC[C@@H](Nc2cccc3c(CC(F)(F)F)c(C#CCN(C(=O)OC(C)(C)C)c4c(Cl)cc(P(C)(C)=O)cc4C#N)sc23)[C@@H](F)C1. The predicted octanol–water partition coefficient (Wildman–Crippen LogP) is 8.03. The van der Waals surface area contributed by atoms with E-state index in [1.165, 1.54) is 25.5 Å². The van der Waals surface area contributed by atoms with Gasteiger partial charge < -0.3 is 19.5 Å². The summed E-state index contributed by atoms with van der Waals surface area (Å²) in [6.45, 7) is 8.53. The van der Waals surface area contributed by atoms with Crippen molar-refractivity contribution in [2.45, 2.75) is 57.6 Å². The van der Waals surface area contributed by atoms with Gasteiger partial charge in [0.1, 0.15) is 25.0 Å². The minimum atomic E-state index is -4.54. The Morgan fingerprint density at radius 2 is 1.96 bits per heavy atom. The van der Waals surface area contributed by atoms with E-state index in [-0.39, 0.29) is 39.8 Å². The molecule has 1 amide bonds. The fourth-order valence-electron chi connectivity index (χ4n) is 5.19. The van der Waals surface area contributed by atoms with E-state index in [1.807, 2.05) is 18.0 Å². The molecule has 1 aliphatic rings. The highest BCUT2D eigenvalue weighted by Gasteiger charge is 2.33. The number of hydrogen-bond donors (Lipinski definition) is 1. The summed E-state index contributed by atoms with van der Waals surface area (Å²) in [6.07, 6.45) is -7.28. The first-order valence-electron chi connectivity index (χ1n) is 14.8. The molecule has 47 heavy (non-hydrogen) atoms. The molecule has 0 spiro atoms. The van der Waals surface area contributed by atoms with Crippen molar-refractivity contribution in [2.24, 2.45) is 0 Å². The molecule has 1 aliphatic heterocycles. The molecule has 2 aromatic carbocycles. The Labute approximate surface area is 281 Å². The van der Waals surface area contributed by atoms with Gasteiger partial charge in [-0.25, -0.2) is 9.18 Å². The number of fused-ring (bicyclic) bond motifs is 1. The lowest BCUT2D eigenvalue weighted by molar-refractivity contribution is -0.126. The van der Waals surface area contributed by atoms with E-state index in [1.54, 1.807) is 39.0 Å². The smallest absolute Gasteiger partial charge is 0.415 e. The number of likely N-dealkylation sites (tertiary alicyclic amines) is 1. The van der Waals surface area contributed by atoms with Crippen LogP contribution in [0.5, 0.6) is 0 Å². The molecular formula is C33H36ClF4N4O3PS. The largest absolute Gasteiger partial charge is 0.443 e. The zero-order valence-electron chi connectivity index (χ0n) is 26.9. The molecular weight excluding hydrogens is 675 g/mol. The van der Waals surface area contributed by atoms with Crippen LogP contribution in [0.25, 0.3) is 10.1 Å². The molecule has 1 saturated heterocycles. The van der Waals surface area contributed by atoms with Crippen molar-refractivity contribution in [1.29, 1.82) is 5.26 Å². The second kappa shape index (κ2) is 14.1. The van der Waals surface area contributed by atoms with Gasteiger partial charge in [0.15, 0.2) is 0 Å². The number of ether oxygens (including phenoxy) is 1. The number of carbonyl (C=O) groups excluding carboxylic acids is 1. The normalized spacial score (nSPS) is 17.5. The Balaban J connectivity index is 1.79. The number of nitrogens with one attached hydrogen (secondary N) is 1. The highest BCUT2D eigenvalue weighted by atomic mass is 35.5. The second-order valence-electron chi connectivity index (χ2n) is 12.9. The Morgan fingerprint density at radius 3 is 2.55 bits per heavy atom. The molecule has 0 bridgehead atoms. The van der Waals surface area contributed by atoms with Crippen LogP contribution >= 0.6 is 30.1 Å². The standard InChI is InChI=1S/C33H36ClF4N4O3PS/c1-32(2,3)45-31(43)42(29-20(18-39)15-21(16-24(29)34)46(5,6)44)13-8-11-28-23(17-33(36,37)38)22-9-7-10-27(30(22)47-28)40-26-12-14-41(4)19-25(26)35/h7,9-10,15-16,25-26,40H,12-14,17,19H2,1-6H3/t25-,26+/m0/s1. The third kappa shape index (κ3) is 9.21. The average Bonchev–Trinajstić information content (AvgIpc) is 3.27. The summed E-state index contributed by atoms with van der Waals surface area (Å²) in [5.41, 5.74) is -0.511. The number of nitriles is 1. The number of carbonyl (C=O) groups is 1. The molecule has 0 aliphatic carbocycles. The van der Waals surface area contributed by atoms with Crippen LogP contribution in [0, 0.1) is 23.2 Å². The second-order valence-corrected chi connectivity index (χ2v) is 17.5. The van der Waals surface area contributed by atoms with Crippen molar-refractivity contribution < 1.29 is 31.7 Å². The van der Waals surface area contributed by atoms with Crippen molar-refractivity contribution in [2.75, 3.05) is 50.2 Å². The van der Waals surface area contributed by atoms with Gasteiger partial charge in [0.25, 0.3) is 0 Å². The van der Waals surface area contributed by atoms with E-state index in [9.17, 15) is 32.2 Å². The lowest BCUT2D eigenvalue weighted by atomic mass is 10.0. The Kier molecular flexibility index (Phi) is 10.9. The summed E-state index contributed by atoms with van der Waals surface area (Å²) in [6, 6.07) is 9.22. The minimum Gasteiger partial charge on any atom is -0.443 e. The van der Waals surface area contributed by atoms with Crippen molar-refractivity contribution in [3.05, 3.63) is 51.4 Å². The maximum Gasteiger partial charge on any atom is 0.415 e. The van der Waals surface area contributed by atoms with Crippen LogP contribution in [-0.2, 0) is 15.7 Å². The highest BCUT2D eigenvalue weighted by Crippen LogP contribution is 2.41. The van der Waals surface area contributed by atoms with Gasteiger partial charge in [-0.1, -0.05) is 35.6 Å². The van der Waals surface area contributed by atoms with Gasteiger partial charge in [-0.3, -0.25) is 4.90 Å². The first-order valence-corrected chi connectivity index (χ1v) is 18.6. The maximum absolute atomic E-state index is 14.8. The number of hydrogen-bond acceptors (Lipinski definition) is 7. The van der Waals surface area contributed by atoms with Crippen LogP contribution < -0.4 is 15.5 Å². The summed E-state index contributed by atoms with van der Waals surface area (Å²) in [7, 11) is -0.997. The molecule has 0 unspecified atom stereocenters. The Morgan fingerprint density at radius 1 is 1.26 bits per heavy atom. The van der Waals surface area contributed by atoms with Gasteiger partial charge >= 0.3 is 12.3 Å². The topological polar surface area (TPSA) is 85.7 Å². The molecule has 2 atom stereocenters. The summed E-state index contributed by atoms with van der Waals surface area (Å²) >= 11 is 7.61. The van der Waals surface area contributed by atoms with Crippen molar-refractivity contribution in [1.82, 2.24) is 4.90 Å². The van der Waals surface area contributed by atoms with Gasteiger partial charge in [-0.15, -0.1) is 11.3 Å². The van der Waals surface area contributed by atoms with Crippen LogP contribution in [0.1, 0.15) is 43.2 Å². The number of amides is 1. The lowest BCUT2D eigenvalue weighted by Gasteiger charge is -2.33. The quantitative estimate of drug-likeness (QED) is 0.159. The minimum absolute atomic E-state index is 0.0211. The number of anilines is 2. The van der Waals surface area contributed by atoms with Crippen molar-refractivity contribution in [3.8, 4) is 17.9 Å². The Hall–Kier alpha value is -3.28. The summed E-state index contributed by atoms with van der Waals surface area (Å²) < 4.78 is 75.1. The average molecular weight is 711 g/mol. The van der Waals surface area contributed by atoms with E-state index in [0.29, 0.717) is 34.0 Å². The number of nitrogens with zero attached hydrogens (tertiary/aromatic N) is 3. The van der Waals surface area contributed by atoms with Crippen LogP contribution in [0.4, 0.5) is 33.7 Å². The van der Waals surface area contributed by atoms with Crippen LogP contribution in [0.15, 0.2) is 30.3 Å². The van der Waals surface area contributed by atoms with Crippen molar-refractivity contribution in [3.63, 3.8) is 0 Å². The molecule has 4 rings (SSSR count). The number of rotatable bonds is 6. The molecule has 1 fully saturated rings. The number of thiophene rings is 1. The first-order chi connectivity index (χ1) is 21.8. The van der Waals surface area contributed by atoms with Crippen LogP contribution in [-0.4, -0.2) is 75.0 Å². The van der Waals surface area contributed by atoms with Gasteiger partial charge in [0.2, 0.25) is 0 Å². The fourth-order valence-corrected chi connectivity index (χ4v) is 7.63. The number of alkyl halides is 4. The number of benzene rings is 2. The van der Waals surface area contributed by atoms with E-state index < -0.39 is 43.6 Å². The lowest BCUT2D eigenvalue weighted by Crippen LogP contribution is -2.46. The highest BCUT2D eigenvalue weighted by molar-refractivity contribution is 7.70. The van der Waals surface area contributed by atoms with Crippen LogP contribution in [0.2, 0.25) is 5.02 Å². The summed E-state index contributed by atoms with van der Waals surface area (Å²) in [4.78, 5) is 16.5. The predicted molar refractivity (Wildman–Crippen MR) is 182 cm³/mol. The molecule has 0 saturated carbocycles. The zero-order chi connectivity index (χ0) is 34.9. The van der Waals surface area contributed by atoms with Crippen LogP contribution in [0.3, 0.4) is 0 Å². The summed E-state index contributed by atoms with van der Waals surface area (Å²) in [5, 5.41) is 13.8. The Bertz CT molecular complexity index is 1820. The third-order valence-corrected chi connectivity index (χ3v) is 10.4. The van der Waals surface area contributed by atoms with Gasteiger partial charge in [-0.2, -0.15) is 18.4 Å². The molecule has 1 N–H and O–H groups in total. The maximum atomic E-state index is 14.8. The number of piperidine rings is 1. The molecule has 1 aromatic heterocycles. The van der Waals surface area contributed by atoms with Crippen molar-refractivity contribution >= 4 is 62.9 Å². The zero-order valence-corrected chi connectivity index (χ0v) is 29.4. The summed E-state index contributed by atoms with van der Waals surface area (Å²) in [5.74, 6) is 5.62. The molecule has 2 heterocycles. The first kappa shape index (κ1) is 36.6. The molecule has 14 heteroatoms.